The van der Waals surface area contributed by atoms with Crippen molar-refractivity contribution in [2.45, 2.75) is 18.7 Å². The van der Waals surface area contributed by atoms with Crippen molar-refractivity contribution in [2.24, 2.45) is 0 Å². The number of fused-ring (bicyclic) bond motifs is 2. The number of morpholine rings is 1. The van der Waals surface area contributed by atoms with E-state index >= 15 is 0 Å². The zero-order chi connectivity index (χ0) is 14.2. The zero-order valence-corrected chi connectivity index (χ0v) is 14.2. The second kappa shape index (κ2) is 7.49. The molecule has 2 aliphatic rings. The molecular formula is C15H20Cl2N4O2. The number of amides is 1. The second-order valence-corrected chi connectivity index (χ2v) is 5.58. The van der Waals surface area contributed by atoms with Crippen LogP contribution in [0.3, 0.4) is 0 Å². The van der Waals surface area contributed by atoms with Crippen molar-refractivity contribution >= 4 is 41.8 Å². The Bertz CT molecular complexity index is 678. The number of halogens is 2. The molecule has 0 saturated carbocycles. The molecule has 2 aliphatic heterocycles. The minimum Gasteiger partial charge on any atom is -0.373 e. The van der Waals surface area contributed by atoms with E-state index in [4.69, 9.17) is 4.74 Å². The van der Waals surface area contributed by atoms with Gasteiger partial charge in [-0.05, 0) is 12.1 Å². The van der Waals surface area contributed by atoms with E-state index in [1.54, 1.807) is 6.33 Å². The number of ether oxygens (including phenoxy) is 1. The molecule has 0 spiro atoms. The van der Waals surface area contributed by atoms with Crippen molar-refractivity contribution in [1.29, 1.82) is 0 Å². The summed E-state index contributed by atoms with van der Waals surface area (Å²) in [5, 5.41) is 3.30. The van der Waals surface area contributed by atoms with E-state index in [1.165, 1.54) is 0 Å². The third-order valence-corrected chi connectivity index (χ3v) is 4.35. The van der Waals surface area contributed by atoms with Crippen LogP contribution >= 0.6 is 24.8 Å². The largest absolute Gasteiger partial charge is 0.373 e. The van der Waals surface area contributed by atoms with Gasteiger partial charge >= 0.3 is 0 Å². The first-order chi connectivity index (χ1) is 10.3. The molecule has 1 N–H and O–H groups in total. The average molecular weight is 359 g/mol. The number of carbonyl (C=O) groups excluding carboxylic acids is 1. The number of hydrogen-bond donors (Lipinski definition) is 1. The lowest BCUT2D eigenvalue weighted by Crippen LogP contribution is -2.54. The van der Waals surface area contributed by atoms with Gasteiger partial charge in [-0.25, -0.2) is 4.98 Å². The predicted octanol–water partition coefficient (Wildman–Crippen LogP) is 1.08. The third-order valence-electron chi connectivity index (χ3n) is 4.35. The highest BCUT2D eigenvalue weighted by Crippen LogP contribution is 2.19. The standard InChI is InChI=1S/C15H18N4O2.2ClH/c20-15(19-5-6-21-14-8-16-7-13(14)19)9-18-10-17-11-3-1-2-4-12(11)18;;/h1-4,10,13-14,16H,5-9H2;2*1H/t13-,14+;;/m1../s1. The number of nitrogens with zero attached hydrogens (tertiary/aromatic N) is 3. The lowest BCUT2D eigenvalue weighted by molar-refractivity contribution is -0.143. The van der Waals surface area contributed by atoms with E-state index in [-0.39, 0.29) is 42.9 Å². The Morgan fingerprint density at radius 1 is 1.30 bits per heavy atom. The first-order valence-corrected chi connectivity index (χ1v) is 7.34. The molecule has 0 unspecified atom stereocenters. The fourth-order valence-electron chi connectivity index (χ4n) is 3.27. The van der Waals surface area contributed by atoms with Crippen molar-refractivity contribution in [3.8, 4) is 0 Å². The third kappa shape index (κ3) is 3.30. The Hall–Kier alpha value is -1.34. The molecule has 6 nitrogen and oxygen atoms in total. The van der Waals surface area contributed by atoms with Crippen LogP contribution in [0.5, 0.6) is 0 Å². The monoisotopic (exact) mass is 358 g/mol. The van der Waals surface area contributed by atoms with Crippen molar-refractivity contribution in [3.63, 3.8) is 0 Å². The van der Waals surface area contributed by atoms with Gasteiger partial charge in [-0.2, -0.15) is 0 Å². The summed E-state index contributed by atoms with van der Waals surface area (Å²) < 4.78 is 7.63. The molecular weight excluding hydrogens is 339 g/mol. The molecule has 0 aliphatic carbocycles. The van der Waals surface area contributed by atoms with Gasteiger partial charge in [-0.3, -0.25) is 4.79 Å². The molecule has 1 amide bonds. The number of rotatable bonds is 2. The smallest absolute Gasteiger partial charge is 0.243 e. The number of para-hydroxylation sites is 2. The van der Waals surface area contributed by atoms with E-state index in [1.807, 2.05) is 33.7 Å². The van der Waals surface area contributed by atoms with Crippen molar-refractivity contribution in [2.75, 3.05) is 26.2 Å². The molecule has 0 radical (unpaired) electrons. The van der Waals surface area contributed by atoms with Crippen LogP contribution in [0.25, 0.3) is 11.0 Å². The SMILES string of the molecule is Cl.Cl.O=C(Cn1cnc2ccccc21)N1CCO[C@H]2CNC[C@H]21. The van der Waals surface area contributed by atoms with Gasteiger partial charge in [0.05, 0.1) is 36.1 Å². The van der Waals surface area contributed by atoms with E-state index in [0.29, 0.717) is 19.7 Å². The lowest BCUT2D eigenvalue weighted by atomic mass is 10.1. The van der Waals surface area contributed by atoms with E-state index in [0.717, 1.165) is 24.1 Å². The maximum absolute atomic E-state index is 12.6. The maximum Gasteiger partial charge on any atom is 0.243 e. The molecule has 2 fully saturated rings. The highest BCUT2D eigenvalue weighted by molar-refractivity contribution is 5.85. The minimum atomic E-state index is 0. The summed E-state index contributed by atoms with van der Waals surface area (Å²) >= 11 is 0. The number of carbonyl (C=O) groups is 1. The van der Waals surface area contributed by atoms with Crippen LogP contribution in [0.4, 0.5) is 0 Å². The Kier molecular flexibility index (Phi) is 5.86. The molecule has 2 aromatic rings. The number of hydrogen-bond acceptors (Lipinski definition) is 4. The van der Waals surface area contributed by atoms with Crippen molar-refractivity contribution in [3.05, 3.63) is 30.6 Å². The van der Waals surface area contributed by atoms with Gasteiger partial charge in [-0.1, -0.05) is 12.1 Å². The van der Waals surface area contributed by atoms with Crippen LogP contribution in [0, 0.1) is 0 Å². The number of benzene rings is 1. The normalized spacial score (nSPS) is 23.0. The number of nitrogens with one attached hydrogen (secondary N) is 1. The van der Waals surface area contributed by atoms with Crippen LogP contribution in [0.15, 0.2) is 30.6 Å². The van der Waals surface area contributed by atoms with Gasteiger partial charge in [0.1, 0.15) is 6.54 Å². The molecule has 8 heteroatoms. The van der Waals surface area contributed by atoms with E-state index < -0.39 is 0 Å². The highest BCUT2D eigenvalue weighted by Gasteiger charge is 2.38. The molecule has 126 valence electrons. The fourth-order valence-corrected chi connectivity index (χ4v) is 3.27. The molecule has 1 aromatic heterocycles. The van der Waals surface area contributed by atoms with Crippen molar-refractivity contribution in [1.82, 2.24) is 19.8 Å². The summed E-state index contributed by atoms with van der Waals surface area (Å²) in [6, 6.07) is 8.05. The summed E-state index contributed by atoms with van der Waals surface area (Å²) in [6.07, 6.45) is 1.88. The molecule has 2 saturated heterocycles. The average Bonchev–Trinajstić information content (AvgIpc) is 3.14. The lowest BCUT2D eigenvalue weighted by Gasteiger charge is -2.37. The van der Waals surface area contributed by atoms with Crippen LogP contribution < -0.4 is 5.32 Å². The van der Waals surface area contributed by atoms with E-state index in [9.17, 15) is 4.79 Å². The van der Waals surface area contributed by atoms with Gasteiger partial charge in [0.15, 0.2) is 0 Å². The summed E-state index contributed by atoms with van der Waals surface area (Å²) in [5.41, 5.74) is 1.92. The van der Waals surface area contributed by atoms with E-state index in [2.05, 4.69) is 10.3 Å². The molecule has 1 aromatic carbocycles. The predicted molar refractivity (Wildman–Crippen MR) is 92.3 cm³/mol. The van der Waals surface area contributed by atoms with Crippen LogP contribution in [-0.2, 0) is 16.1 Å². The van der Waals surface area contributed by atoms with Gasteiger partial charge in [0.2, 0.25) is 5.91 Å². The first kappa shape index (κ1) is 18.0. The fraction of sp³-hybridized carbons (Fsp3) is 0.467. The Labute approximate surface area is 147 Å². The van der Waals surface area contributed by atoms with Gasteiger partial charge in [0.25, 0.3) is 0 Å². The number of aromatic nitrogens is 2. The molecule has 2 atom stereocenters. The van der Waals surface area contributed by atoms with Gasteiger partial charge in [-0.15, -0.1) is 24.8 Å². The van der Waals surface area contributed by atoms with Crippen LogP contribution in [0.2, 0.25) is 0 Å². The first-order valence-electron chi connectivity index (χ1n) is 7.34. The topological polar surface area (TPSA) is 59.4 Å². The van der Waals surface area contributed by atoms with Gasteiger partial charge in [0, 0.05) is 19.6 Å². The summed E-state index contributed by atoms with van der Waals surface area (Å²) in [4.78, 5) is 18.9. The second-order valence-electron chi connectivity index (χ2n) is 5.58. The Balaban J connectivity index is 0.000000960. The maximum atomic E-state index is 12.6. The molecule has 23 heavy (non-hydrogen) atoms. The Morgan fingerprint density at radius 3 is 3.00 bits per heavy atom. The van der Waals surface area contributed by atoms with Crippen LogP contribution in [0.1, 0.15) is 0 Å². The quantitative estimate of drug-likeness (QED) is 0.872. The van der Waals surface area contributed by atoms with Crippen LogP contribution in [-0.4, -0.2) is 58.7 Å². The zero-order valence-electron chi connectivity index (χ0n) is 12.6. The minimum absolute atomic E-state index is 0. The Morgan fingerprint density at radius 2 is 2.13 bits per heavy atom. The molecule has 3 heterocycles. The summed E-state index contributed by atoms with van der Waals surface area (Å²) in [7, 11) is 0. The summed E-state index contributed by atoms with van der Waals surface area (Å²) in [6.45, 7) is 3.29. The van der Waals surface area contributed by atoms with Crippen molar-refractivity contribution < 1.29 is 9.53 Å². The molecule has 4 rings (SSSR count). The highest BCUT2D eigenvalue weighted by atomic mass is 35.5. The van der Waals surface area contributed by atoms with Gasteiger partial charge < -0.3 is 19.5 Å². The number of imidazole rings is 1. The summed E-state index contributed by atoms with van der Waals surface area (Å²) in [5.74, 6) is 0.139. The molecule has 0 bridgehead atoms.